The molecule has 1 amide bonds. The Morgan fingerprint density at radius 2 is 1.86 bits per heavy atom. The van der Waals surface area contributed by atoms with Crippen molar-refractivity contribution >= 4 is 17.4 Å². The molecule has 0 aliphatic carbocycles. The number of carbonyl (C=O) groups excluding carboxylic acids is 2. The number of amides is 1. The summed E-state index contributed by atoms with van der Waals surface area (Å²) in [6.45, 7) is 3.59. The quantitative estimate of drug-likeness (QED) is 0.801. The summed E-state index contributed by atoms with van der Waals surface area (Å²) in [7, 11) is 0. The average molecular weight is 300 g/mol. The van der Waals surface area contributed by atoms with Crippen molar-refractivity contribution in [3.63, 3.8) is 0 Å². The number of aromatic nitrogens is 5. The van der Waals surface area contributed by atoms with Crippen molar-refractivity contribution in [3.05, 3.63) is 24.2 Å². The lowest BCUT2D eigenvalue weighted by Crippen LogP contribution is -2.16. The van der Waals surface area contributed by atoms with E-state index in [0.717, 1.165) is 6.42 Å². The van der Waals surface area contributed by atoms with E-state index in [1.807, 2.05) is 6.92 Å². The van der Waals surface area contributed by atoms with Crippen LogP contribution in [0, 0.1) is 6.92 Å². The summed E-state index contributed by atoms with van der Waals surface area (Å²) in [6.07, 6.45) is 2.50. The number of nitrogens with zero attached hydrogens (tertiary/aromatic N) is 5. The number of ketones is 1. The topological polar surface area (TPSA) is 111 Å². The van der Waals surface area contributed by atoms with Gasteiger partial charge in [0.25, 0.3) is 0 Å². The Hall–Kier alpha value is -2.77. The van der Waals surface area contributed by atoms with Crippen LogP contribution in [0.4, 0.5) is 5.69 Å². The first-order chi connectivity index (χ1) is 10.6. The van der Waals surface area contributed by atoms with Crippen LogP contribution in [0.5, 0.6) is 0 Å². The van der Waals surface area contributed by atoms with E-state index < -0.39 is 0 Å². The second-order valence-corrected chi connectivity index (χ2v) is 4.72. The monoisotopic (exact) mass is 300 g/mol. The number of nitrogens with one attached hydrogen (secondary N) is 1. The van der Waals surface area contributed by atoms with Gasteiger partial charge in [0.15, 0.2) is 5.82 Å². The molecule has 2 aromatic heterocycles. The minimum atomic E-state index is -0.345. The molecule has 2 aromatic rings. The van der Waals surface area contributed by atoms with Crippen LogP contribution in [0.1, 0.15) is 32.0 Å². The molecule has 0 saturated heterocycles. The highest BCUT2D eigenvalue weighted by Crippen LogP contribution is 2.13. The van der Waals surface area contributed by atoms with Crippen molar-refractivity contribution in [2.75, 3.05) is 5.32 Å². The van der Waals surface area contributed by atoms with E-state index in [1.54, 1.807) is 19.1 Å². The summed E-state index contributed by atoms with van der Waals surface area (Å²) in [6, 6.07) is 3.31. The van der Waals surface area contributed by atoms with Gasteiger partial charge in [-0.05, 0) is 25.5 Å². The SMILES string of the molecule is CCCC(=O)CC(=O)Nc1ccc(-c2nnc(C)nn2)nc1. The number of aryl methyl sites for hydroxylation is 1. The third-order valence-corrected chi connectivity index (χ3v) is 2.74. The molecule has 8 nitrogen and oxygen atoms in total. The van der Waals surface area contributed by atoms with Gasteiger partial charge in [-0.1, -0.05) is 6.92 Å². The number of carbonyl (C=O) groups is 2. The molecule has 2 rings (SSSR count). The van der Waals surface area contributed by atoms with Gasteiger partial charge in [0.1, 0.15) is 11.5 Å². The molecule has 0 fully saturated rings. The molecule has 0 spiro atoms. The molecule has 1 N–H and O–H groups in total. The zero-order chi connectivity index (χ0) is 15.9. The lowest BCUT2D eigenvalue weighted by Gasteiger charge is -2.05. The predicted octanol–water partition coefficient (Wildman–Crippen LogP) is 1.33. The van der Waals surface area contributed by atoms with E-state index in [0.29, 0.717) is 29.5 Å². The summed E-state index contributed by atoms with van der Waals surface area (Å²) in [5, 5.41) is 18.0. The van der Waals surface area contributed by atoms with Crippen LogP contribution in [-0.2, 0) is 9.59 Å². The molecule has 8 heteroatoms. The molecule has 22 heavy (non-hydrogen) atoms. The highest BCUT2D eigenvalue weighted by molar-refractivity contribution is 6.04. The van der Waals surface area contributed by atoms with Crippen molar-refractivity contribution < 1.29 is 9.59 Å². The van der Waals surface area contributed by atoms with Gasteiger partial charge in [0.2, 0.25) is 11.7 Å². The van der Waals surface area contributed by atoms with Gasteiger partial charge < -0.3 is 5.32 Å². The van der Waals surface area contributed by atoms with E-state index in [2.05, 4.69) is 30.7 Å². The number of hydrogen-bond acceptors (Lipinski definition) is 7. The second-order valence-electron chi connectivity index (χ2n) is 4.72. The summed E-state index contributed by atoms with van der Waals surface area (Å²) in [4.78, 5) is 27.2. The molecule has 0 unspecified atom stereocenters. The zero-order valence-corrected chi connectivity index (χ0v) is 12.4. The predicted molar refractivity (Wildman–Crippen MR) is 78.8 cm³/mol. The molecule has 0 aliphatic heterocycles. The van der Waals surface area contributed by atoms with Crippen LogP contribution >= 0.6 is 0 Å². The molecular weight excluding hydrogens is 284 g/mol. The molecule has 114 valence electrons. The van der Waals surface area contributed by atoms with E-state index in [9.17, 15) is 9.59 Å². The van der Waals surface area contributed by atoms with Gasteiger partial charge in [-0.25, -0.2) is 0 Å². The van der Waals surface area contributed by atoms with Gasteiger partial charge in [0, 0.05) is 6.42 Å². The molecule has 0 aliphatic rings. The lowest BCUT2D eigenvalue weighted by molar-refractivity contribution is -0.125. The maximum atomic E-state index is 11.7. The molecule has 0 aromatic carbocycles. The van der Waals surface area contributed by atoms with Crippen LogP contribution in [0.3, 0.4) is 0 Å². The number of hydrogen-bond donors (Lipinski definition) is 1. The third-order valence-electron chi connectivity index (χ3n) is 2.74. The number of pyridine rings is 1. The maximum Gasteiger partial charge on any atom is 0.231 e. The second kappa shape index (κ2) is 7.30. The Morgan fingerprint density at radius 3 is 2.45 bits per heavy atom. The van der Waals surface area contributed by atoms with E-state index in [1.165, 1.54) is 6.20 Å². The molecule has 0 atom stereocenters. The Balaban J connectivity index is 1.98. The van der Waals surface area contributed by atoms with Crippen molar-refractivity contribution in [1.82, 2.24) is 25.4 Å². The number of rotatable bonds is 6. The summed E-state index contributed by atoms with van der Waals surface area (Å²) < 4.78 is 0. The zero-order valence-electron chi connectivity index (χ0n) is 12.4. The summed E-state index contributed by atoms with van der Waals surface area (Å²) in [5.74, 6) is 0.365. The van der Waals surface area contributed by atoms with Crippen molar-refractivity contribution in [2.24, 2.45) is 0 Å². The Morgan fingerprint density at radius 1 is 1.14 bits per heavy atom. The van der Waals surface area contributed by atoms with Gasteiger partial charge in [-0.2, -0.15) is 0 Å². The van der Waals surface area contributed by atoms with Gasteiger partial charge in [0.05, 0.1) is 18.3 Å². The first kappa shape index (κ1) is 15.6. The van der Waals surface area contributed by atoms with E-state index >= 15 is 0 Å². The fourth-order valence-electron chi connectivity index (χ4n) is 1.73. The Kier molecular flexibility index (Phi) is 5.18. The van der Waals surface area contributed by atoms with Crippen LogP contribution in [0.25, 0.3) is 11.5 Å². The number of Topliss-reactive ketones (excluding diaryl/α,β-unsaturated/α-hetero) is 1. The standard InChI is InChI=1S/C14H16N6O2/c1-3-4-11(21)7-13(22)16-10-5-6-12(15-8-10)14-19-17-9(2)18-20-14/h5-6,8H,3-4,7H2,1-2H3,(H,16,22). The van der Waals surface area contributed by atoms with E-state index in [-0.39, 0.29) is 18.1 Å². The highest BCUT2D eigenvalue weighted by Gasteiger charge is 2.10. The molecule has 0 radical (unpaired) electrons. The van der Waals surface area contributed by atoms with Gasteiger partial charge >= 0.3 is 0 Å². The van der Waals surface area contributed by atoms with Crippen LogP contribution in [0.2, 0.25) is 0 Å². The van der Waals surface area contributed by atoms with Crippen molar-refractivity contribution in [1.29, 1.82) is 0 Å². The molecule has 2 heterocycles. The minimum Gasteiger partial charge on any atom is -0.324 e. The van der Waals surface area contributed by atoms with Crippen LogP contribution < -0.4 is 5.32 Å². The first-order valence-corrected chi connectivity index (χ1v) is 6.90. The average Bonchev–Trinajstić information content (AvgIpc) is 2.49. The van der Waals surface area contributed by atoms with Crippen molar-refractivity contribution in [3.8, 4) is 11.5 Å². The maximum absolute atomic E-state index is 11.7. The summed E-state index contributed by atoms with van der Waals surface area (Å²) >= 11 is 0. The van der Waals surface area contributed by atoms with Crippen molar-refractivity contribution in [2.45, 2.75) is 33.1 Å². The molecule has 0 bridgehead atoms. The van der Waals surface area contributed by atoms with Crippen LogP contribution in [0.15, 0.2) is 18.3 Å². The number of anilines is 1. The first-order valence-electron chi connectivity index (χ1n) is 6.90. The van der Waals surface area contributed by atoms with Crippen LogP contribution in [-0.4, -0.2) is 37.1 Å². The normalized spacial score (nSPS) is 10.3. The van der Waals surface area contributed by atoms with Gasteiger partial charge in [-0.15, -0.1) is 20.4 Å². The highest BCUT2D eigenvalue weighted by atomic mass is 16.2. The van der Waals surface area contributed by atoms with E-state index in [4.69, 9.17) is 0 Å². The molecule has 0 saturated carbocycles. The smallest absolute Gasteiger partial charge is 0.231 e. The summed E-state index contributed by atoms with van der Waals surface area (Å²) in [5.41, 5.74) is 1.01. The van der Waals surface area contributed by atoms with Gasteiger partial charge in [-0.3, -0.25) is 14.6 Å². The Labute approximate surface area is 127 Å². The lowest BCUT2D eigenvalue weighted by atomic mass is 10.2. The fraction of sp³-hybridized carbons (Fsp3) is 0.357. The Bertz CT molecular complexity index is 654. The minimum absolute atomic E-state index is 0.0743. The molecular formula is C14H16N6O2. The third kappa shape index (κ3) is 4.37. The largest absolute Gasteiger partial charge is 0.324 e. The fourth-order valence-corrected chi connectivity index (χ4v) is 1.73.